The van der Waals surface area contributed by atoms with Gasteiger partial charge in [0.2, 0.25) is 5.91 Å². The fourth-order valence-electron chi connectivity index (χ4n) is 1.68. The fourth-order valence-corrected chi connectivity index (χ4v) is 1.83. The lowest BCUT2D eigenvalue weighted by molar-refractivity contribution is -0.115. The first-order valence-electron chi connectivity index (χ1n) is 5.89. The molecule has 0 atom stereocenters. The summed E-state index contributed by atoms with van der Waals surface area (Å²) in [4.78, 5) is 12.7. The van der Waals surface area contributed by atoms with Gasteiger partial charge in [0.15, 0.2) is 0 Å². The van der Waals surface area contributed by atoms with Gasteiger partial charge in [-0.15, -0.1) is 12.6 Å². The van der Waals surface area contributed by atoms with E-state index in [9.17, 15) is 4.79 Å². The zero-order valence-corrected chi connectivity index (χ0v) is 11.5. The van der Waals surface area contributed by atoms with Gasteiger partial charge in [-0.2, -0.15) is 0 Å². The number of anilines is 1. The molecule has 0 spiro atoms. The maximum absolute atomic E-state index is 11.9. The largest absolute Gasteiger partial charge is 0.497 e. The third-order valence-electron chi connectivity index (χ3n) is 2.67. The Hall–Kier alpha value is -1.94. The molecule has 98 valence electrons. The first-order valence-corrected chi connectivity index (χ1v) is 6.34. The van der Waals surface area contributed by atoms with Crippen molar-refractivity contribution in [3.8, 4) is 5.75 Å². The van der Waals surface area contributed by atoms with Crippen molar-refractivity contribution in [2.24, 2.45) is 0 Å². The SMILES string of the molecule is COc1ccc(CC(=O)Nc2ccc(S)cc2)cc1. The molecule has 0 aliphatic carbocycles. The number of amides is 1. The molecule has 0 bridgehead atoms. The molecule has 0 radical (unpaired) electrons. The number of hydrogen-bond donors (Lipinski definition) is 2. The van der Waals surface area contributed by atoms with Gasteiger partial charge in [-0.1, -0.05) is 12.1 Å². The molecule has 0 unspecified atom stereocenters. The Kier molecular flexibility index (Phi) is 4.47. The van der Waals surface area contributed by atoms with Crippen LogP contribution in [0.3, 0.4) is 0 Å². The second-order valence-electron chi connectivity index (χ2n) is 4.12. The number of rotatable bonds is 4. The first kappa shape index (κ1) is 13.5. The minimum absolute atomic E-state index is 0.0444. The molecule has 0 aliphatic heterocycles. The van der Waals surface area contributed by atoms with Crippen molar-refractivity contribution in [3.05, 3.63) is 54.1 Å². The van der Waals surface area contributed by atoms with Crippen LogP contribution in [-0.4, -0.2) is 13.0 Å². The molecule has 2 rings (SSSR count). The Bertz CT molecular complexity index is 549. The van der Waals surface area contributed by atoms with Gasteiger partial charge in [0.1, 0.15) is 5.75 Å². The molecule has 1 amide bonds. The summed E-state index contributed by atoms with van der Waals surface area (Å²) in [5.74, 6) is 0.741. The monoisotopic (exact) mass is 273 g/mol. The van der Waals surface area contributed by atoms with E-state index in [4.69, 9.17) is 4.74 Å². The second kappa shape index (κ2) is 6.29. The number of nitrogens with one attached hydrogen (secondary N) is 1. The first-order chi connectivity index (χ1) is 9.17. The van der Waals surface area contributed by atoms with Crippen LogP contribution in [0.5, 0.6) is 5.75 Å². The van der Waals surface area contributed by atoms with Gasteiger partial charge in [0.05, 0.1) is 13.5 Å². The van der Waals surface area contributed by atoms with Gasteiger partial charge in [-0.05, 0) is 42.0 Å². The van der Waals surface area contributed by atoms with Crippen molar-refractivity contribution in [1.82, 2.24) is 0 Å². The Labute approximate surface area is 118 Å². The molecule has 3 nitrogen and oxygen atoms in total. The van der Waals surface area contributed by atoms with Crippen LogP contribution >= 0.6 is 12.6 Å². The highest BCUT2D eigenvalue weighted by molar-refractivity contribution is 7.80. The Balaban J connectivity index is 1.95. The standard InChI is InChI=1S/C15H15NO2S/c1-18-13-6-2-11(3-7-13)10-15(17)16-12-4-8-14(19)9-5-12/h2-9,19H,10H2,1H3,(H,16,17). The molecule has 1 N–H and O–H groups in total. The third-order valence-corrected chi connectivity index (χ3v) is 2.97. The van der Waals surface area contributed by atoms with E-state index >= 15 is 0 Å². The predicted molar refractivity (Wildman–Crippen MR) is 79.0 cm³/mol. The van der Waals surface area contributed by atoms with Crippen LogP contribution in [0.2, 0.25) is 0 Å². The number of benzene rings is 2. The fraction of sp³-hybridized carbons (Fsp3) is 0.133. The van der Waals surface area contributed by atoms with E-state index in [0.29, 0.717) is 6.42 Å². The molecule has 0 fully saturated rings. The Morgan fingerprint density at radius 3 is 2.32 bits per heavy atom. The molecule has 2 aromatic rings. The summed E-state index contributed by atoms with van der Waals surface area (Å²) >= 11 is 4.20. The molecule has 0 saturated heterocycles. The minimum Gasteiger partial charge on any atom is -0.497 e. The number of carbonyl (C=O) groups is 1. The number of ether oxygens (including phenoxy) is 1. The average molecular weight is 273 g/mol. The van der Waals surface area contributed by atoms with Crippen LogP contribution in [0, 0.1) is 0 Å². The molecular formula is C15H15NO2S. The van der Waals surface area contributed by atoms with Crippen molar-refractivity contribution in [3.63, 3.8) is 0 Å². The van der Waals surface area contributed by atoms with Crippen LogP contribution in [0.1, 0.15) is 5.56 Å². The lowest BCUT2D eigenvalue weighted by atomic mass is 10.1. The quantitative estimate of drug-likeness (QED) is 0.840. The highest BCUT2D eigenvalue weighted by Gasteiger charge is 2.04. The molecule has 0 aliphatic rings. The lowest BCUT2D eigenvalue weighted by Crippen LogP contribution is -2.14. The van der Waals surface area contributed by atoms with Gasteiger partial charge in [0.25, 0.3) is 0 Å². The highest BCUT2D eigenvalue weighted by atomic mass is 32.1. The van der Waals surface area contributed by atoms with Gasteiger partial charge >= 0.3 is 0 Å². The molecular weight excluding hydrogens is 258 g/mol. The number of hydrogen-bond acceptors (Lipinski definition) is 3. The van der Waals surface area contributed by atoms with Crippen LogP contribution in [0.25, 0.3) is 0 Å². The maximum atomic E-state index is 11.9. The summed E-state index contributed by atoms with van der Waals surface area (Å²) < 4.78 is 5.07. The summed E-state index contributed by atoms with van der Waals surface area (Å²) in [6.07, 6.45) is 0.340. The number of methoxy groups -OCH3 is 1. The van der Waals surface area contributed by atoms with Crippen LogP contribution in [-0.2, 0) is 11.2 Å². The van der Waals surface area contributed by atoms with Crippen LogP contribution in [0.4, 0.5) is 5.69 Å². The Morgan fingerprint density at radius 2 is 1.74 bits per heavy atom. The van der Waals surface area contributed by atoms with E-state index in [0.717, 1.165) is 21.9 Å². The molecule has 0 heterocycles. The smallest absolute Gasteiger partial charge is 0.228 e. The van der Waals surface area contributed by atoms with Gasteiger partial charge in [-0.3, -0.25) is 4.79 Å². The molecule has 4 heteroatoms. The summed E-state index contributed by atoms with van der Waals surface area (Å²) in [6, 6.07) is 14.8. The van der Waals surface area contributed by atoms with Gasteiger partial charge in [0, 0.05) is 10.6 Å². The number of thiol groups is 1. The third kappa shape index (κ3) is 4.03. The zero-order valence-electron chi connectivity index (χ0n) is 10.6. The normalized spacial score (nSPS) is 10.0. The Morgan fingerprint density at radius 1 is 1.11 bits per heavy atom. The van der Waals surface area contributed by atoms with Gasteiger partial charge in [-0.25, -0.2) is 0 Å². The lowest BCUT2D eigenvalue weighted by Gasteiger charge is -2.06. The zero-order chi connectivity index (χ0) is 13.7. The molecule has 2 aromatic carbocycles. The van der Waals surface area contributed by atoms with Crippen molar-refractivity contribution < 1.29 is 9.53 Å². The van der Waals surface area contributed by atoms with E-state index in [1.54, 1.807) is 7.11 Å². The summed E-state index contributed by atoms with van der Waals surface area (Å²) in [5, 5.41) is 2.84. The number of carbonyl (C=O) groups excluding carboxylic acids is 1. The highest BCUT2D eigenvalue weighted by Crippen LogP contribution is 2.14. The molecule has 0 aromatic heterocycles. The molecule has 19 heavy (non-hydrogen) atoms. The topological polar surface area (TPSA) is 38.3 Å². The van der Waals surface area contributed by atoms with Crippen molar-refractivity contribution >= 4 is 24.2 Å². The van der Waals surface area contributed by atoms with Crippen LogP contribution < -0.4 is 10.1 Å². The van der Waals surface area contributed by atoms with Crippen molar-refractivity contribution in [1.29, 1.82) is 0 Å². The maximum Gasteiger partial charge on any atom is 0.228 e. The van der Waals surface area contributed by atoms with Crippen molar-refractivity contribution in [2.45, 2.75) is 11.3 Å². The predicted octanol–water partition coefficient (Wildman–Crippen LogP) is 3.17. The average Bonchev–Trinajstić information content (AvgIpc) is 2.42. The van der Waals surface area contributed by atoms with Crippen LogP contribution in [0.15, 0.2) is 53.4 Å². The summed E-state index contributed by atoms with van der Waals surface area (Å²) in [6.45, 7) is 0. The van der Waals surface area contributed by atoms with E-state index in [1.165, 1.54) is 0 Å². The van der Waals surface area contributed by atoms with E-state index in [-0.39, 0.29) is 5.91 Å². The minimum atomic E-state index is -0.0444. The molecule has 0 saturated carbocycles. The van der Waals surface area contributed by atoms with Crippen molar-refractivity contribution in [2.75, 3.05) is 12.4 Å². The van der Waals surface area contributed by atoms with Gasteiger partial charge < -0.3 is 10.1 Å². The summed E-state index contributed by atoms with van der Waals surface area (Å²) in [5.41, 5.74) is 1.72. The van der Waals surface area contributed by atoms with E-state index in [2.05, 4.69) is 17.9 Å². The second-order valence-corrected chi connectivity index (χ2v) is 4.64. The van der Waals surface area contributed by atoms with E-state index < -0.39 is 0 Å². The van der Waals surface area contributed by atoms with E-state index in [1.807, 2.05) is 48.5 Å². The summed E-state index contributed by atoms with van der Waals surface area (Å²) in [7, 11) is 1.62.